The van der Waals surface area contributed by atoms with E-state index in [1.165, 1.54) is 18.4 Å². The minimum atomic E-state index is -0.225. The molecule has 0 aliphatic carbocycles. The molecule has 1 saturated heterocycles. The molecule has 0 bridgehead atoms. The Labute approximate surface area is 151 Å². The summed E-state index contributed by atoms with van der Waals surface area (Å²) in [6, 6.07) is 0. The summed E-state index contributed by atoms with van der Waals surface area (Å²) in [5.74, 6) is 0.572. The standard InChI is InChI=1S/C17H30N4O2.ClH/c1-5-23-17(22)12-21-14(3)16(13(2)19-21)11-20-8-6-15(7-9-20)10-18-4;/h15,18H,5-12H2,1-4H3;1H. The molecule has 0 aromatic carbocycles. The minimum Gasteiger partial charge on any atom is -0.465 e. The van der Waals surface area contributed by atoms with Crippen molar-refractivity contribution in [2.45, 2.75) is 46.7 Å². The monoisotopic (exact) mass is 358 g/mol. The Morgan fingerprint density at radius 2 is 2.00 bits per heavy atom. The SMILES string of the molecule is CCOC(=O)Cn1nc(C)c(CN2CCC(CNC)CC2)c1C.Cl. The molecule has 24 heavy (non-hydrogen) atoms. The van der Waals surface area contributed by atoms with Crippen molar-refractivity contribution in [1.29, 1.82) is 0 Å². The molecular formula is C17H31ClN4O2. The van der Waals surface area contributed by atoms with Crippen LogP contribution in [0.3, 0.4) is 0 Å². The number of hydrogen-bond donors (Lipinski definition) is 1. The van der Waals surface area contributed by atoms with Crippen molar-refractivity contribution >= 4 is 18.4 Å². The van der Waals surface area contributed by atoms with Crippen LogP contribution in [0.15, 0.2) is 0 Å². The first-order chi connectivity index (χ1) is 11.0. The summed E-state index contributed by atoms with van der Waals surface area (Å²) < 4.78 is 6.79. The quantitative estimate of drug-likeness (QED) is 0.754. The van der Waals surface area contributed by atoms with E-state index in [0.717, 1.165) is 43.5 Å². The highest BCUT2D eigenvalue weighted by Gasteiger charge is 2.21. The number of hydrogen-bond acceptors (Lipinski definition) is 5. The zero-order valence-electron chi connectivity index (χ0n) is 15.3. The van der Waals surface area contributed by atoms with Crippen molar-refractivity contribution in [3.8, 4) is 0 Å². The number of halogens is 1. The average Bonchev–Trinajstić information content (AvgIpc) is 2.77. The molecule has 2 rings (SSSR count). The van der Waals surface area contributed by atoms with Gasteiger partial charge in [0.1, 0.15) is 6.54 Å². The molecule has 1 aromatic rings. The topological polar surface area (TPSA) is 59.4 Å². The number of likely N-dealkylation sites (tertiary alicyclic amines) is 1. The molecule has 2 heterocycles. The highest BCUT2D eigenvalue weighted by atomic mass is 35.5. The fourth-order valence-corrected chi connectivity index (χ4v) is 3.31. The van der Waals surface area contributed by atoms with Crippen molar-refractivity contribution in [3.63, 3.8) is 0 Å². The third-order valence-electron chi connectivity index (χ3n) is 4.70. The number of aryl methyl sites for hydroxylation is 1. The molecule has 1 aliphatic rings. The van der Waals surface area contributed by atoms with Gasteiger partial charge in [-0.1, -0.05) is 0 Å². The summed E-state index contributed by atoms with van der Waals surface area (Å²) in [7, 11) is 2.02. The smallest absolute Gasteiger partial charge is 0.327 e. The van der Waals surface area contributed by atoms with Crippen LogP contribution in [-0.2, 0) is 22.6 Å². The lowest BCUT2D eigenvalue weighted by Gasteiger charge is -2.31. The number of esters is 1. The molecule has 0 saturated carbocycles. The van der Waals surface area contributed by atoms with Crippen LogP contribution in [0.5, 0.6) is 0 Å². The predicted octanol–water partition coefficient (Wildman–Crippen LogP) is 1.92. The van der Waals surface area contributed by atoms with E-state index in [-0.39, 0.29) is 24.9 Å². The van der Waals surface area contributed by atoms with Crippen LogP contribution in [0.25, 0.3) is 0 Å². The minimum absolute atomic E-state index is 0. The number of aromatic nitrogens is 2. The molecule has 1 N–H and O–H groups in total. The molecule has 1 fully saturated rings. The van der Waals surface area contributed by atoms with Crippen LogP contribution in [0.2, 0.25) is 0 Å². The zero-order chi connectivity index (χ0) is 16.8. The molecule has 1 aliphatic heterocycles. The number of ether oxygens (including phenoxy) is 1. The normalized spacial score (nSPS) is 16.0. The number of carbonyl (C=O) groups is 1. The van der Waals surface area contributed by atoms with E-state index in [4.69, 9.17) is 4.74 Å². The first-order valence-corrected chi connectivity index (χ1v) is 8.60. The van der Waals surface area contributed by atoms with E-state index in [9.17, 15) is 4.79 Å². The van der Waals surface area contributed by atoms with Gasteiger partial charge in [-0.15, -0.1) is 12.4 Å². The van der Waals surface area contributed by atoms with E-state index in [2.05, 4.69) is 15.3 Å². The second-order valence-electron chi connectivity index (χ2n) is 6.39. The summed E-state index contributed by atoms with van der Waals surface area (Å²) in [4.78, 5) is 14.2. The van der Waals surface area contributed by atoms with Crippen molar-refractivity contribution in [2.75, 3.05) is 33.3 Å². The number of rotatable bonds is 7. The third-order valence-corrected chi connectivity index (χ3v) is 4.70. The van der Waals surface area contributed by atoms with E-state index in [0.29, 0.717) is 6.61 Å². The number of nitrogens with zero attached hydrogens (tertiary/aromatic N) is 3. The molecule has 0 radical (unpaired) electrons. The van der Waals surface area contributed by atoms with Crippen molar-refractivity contribution in [2.24, 2.45) is 5.92 Å². The van der Waals surface area contributed by atoms with Gasteiger partial charge in [-0.05, 0) is 66.2 Å². The first-order valence-electron chi connectivity index (χ1n) is 8.60. The largest absolute Gasteiger partial charge is 0.465 e. The van der Waals surface area contributed by atoms with E-state index < -0.39 is 0 Å². The van der Waals surface area contributed by atoms with Crippen LogP contribution in [-0.4, -0.2) is 53.9 Å². The zero-order valence-corrected chi connectivity index (χ0v) is 16.1. The van der Waals surface area contributed by atoms with Crippen molar-refractivity contribution in [1.82, 2.24) is 20.0 Å². The summed E-state index contributed by atoms with van der Waals surface area (Å²) in [5, 5.41) is 7.80. The van der Waals surface area contributed by atoms with Gasteiger partial charge in [0, 0.05) is 17.8 Å². The summed E-state index contributed by atoms with van der Waals surface area (Å²) >= 11 is 0. The van der Waals surface area contributed by atoms with Gasteiger partial charge in [0.2, 0.25) is 0 Å². The van der Waals surface area contributed by atoms with Gasteiger partial charge < -0.3 is 10.1 Å². The molecule has 0 spiro atoms. The van der Waals surface area contributed by atoms with Gasteiger partial charge in [-0.25, -0.2) is 0 Å². The van der Waals surface area contributed by atoms with Crippen molar-refractivity contribution < 1.29 is 9.53 Å². The molecule has 1 aromatic heterocycles. The van der Waals surface area contributed by atoms with Crippen LogP contribution < -0.4 is 5.32 Å². The van der Waals surface area contributed by atoms with Gasteiger partial charge >= 0.3 is 5.97 Å². The maximum atomic E-state index is 11.7. The molecule has 0 amide bonds. The Morgan fingerprint density at radius 3 is 2.58 bits per heavy atom. The predicted molar refractivity (Wildman–Crippen MR) is 97.5 cm³/mol. The highest BCUT2D eigenvalue weighted by Crippen LogP contribution is 2.21. The summed E-state index contributed by atoms with van der Waals surface area (Å²) in [5.41, 5.74) is 3.35. The molecular weight excluding hydrogens is 328 g/mol. The Hall–Kier alpha value is -1.11. The lowest BCUT2D eigenvalue weighted by atomic mass is 9.96. The molecule has 7 heteroatoms. The van der Waals surface area contributed by atoms with Crippen LogP contribution in [0, 0.1) is 19.8 Å². The van der Waals surface area contributed by atoms with E-state index in [1.54, 1.807) is 4.68 Å². The second kappa shape index (κ2) is 10.0. The lowest BCUT2D eigenvalue weighted by molar-refractivity contribution is -0.144. The van der Waals surface area contributed by atoms with Gasteiger partial charge in [-0.3, -0.25) is 14.4 Å². The molecule has 138 valence electrons. The van der Waals surface area contributed by atoms with E-state index in [1.807, 2.05) is 27.8 Å². The van der Waals surface area contributed by atoms with Crippen LogP contribution in [0.1, 0.15) is 36.7 Å². The summed E-state index contributed by atoms with van der Waals surface area (Å²) in [6.45, 7) is 10.8. The average molecular weight is 359 g/mol. The van der Waals surface area contributed by atoms with Gasteiger partial charge in [0.05, 0.1) is 12.3 Å². The van der Waals surface area contributed by atoms with Gasteiger partial charge in [0.25, 0.3) is 0 Å². The molecule has 0 unspecified atom stereocenters. The number of nitrogens with one attached hydrogen (secondary N) is 1. The van der Waals surface area contributed by atoms with Gasteiger partial charge in [-0.2, -0.15) is 5.10 Å². The summed E-state index contributed by atoms with van der Waals surface area (Å²) in [6.07, 6.45) is 2.49. The van der Waals surface area contributed by atoms with Crippen LogP contribution in [0.4, 0.5) is 0 Å². The van der Waals surface area contributed by atoms with E-state index >= 15 is 0 Å². The first kappa shape index (κ1) is 20.9. The van der Waals surface area contributed by atoms with Gasteiger partial charge in [0.15, 0.2) is 0 Å². The Morgan fingerprint density at radius 1 is 1.33 bits per heavy atom. The van der Waals surface area contributed by atoms with Crippen molar-refractivity contribution in [3.05, 3.63) is 17.0 Å². The third kappa shape index (κ3) is 5.46. The fraction of sp³-hybridized carbons (Fsp3) is 0.765. The number of piperidine rings is 1. The maximum absolute atomic E-state index is 11.7. The Bertz CT molecular complexity index is 525. The lowest BCUT2D eigenvalue weighted by Crippen LogP contribution is -2.36. The maximum Gasteiger partial charge on any atom is 0.327 e. The Kier molecular flexibility index (Phi) is 8.73. The molecule has 6 nitrogen and oxygen atoms in total. The number of carbonyl (C=O) groups excluding carboxylic acids is 1. The second-order valence-corrected chi connectivity index (χ2v) is 6.39. The van der Waals surface area contributed by atoms with Crippen LogP contribution >= 0.6 is 12.4 Å². The molecule has 0 atom stereocenters. The fourth-order valence-electron chi connectivity index (χ4n) is 3.31. The Balaban J connectivity index is 0.00000288. The highest BCUT2D eigenvalue weighted by molar-refractivity contribution is 5.85.